The number of esters is 1. The minimum Gasteiger partial charge on any atom is -0.456 e. The number of nitrogens with one attached hydrogen (secondary N) is 1. The van der Waals surface area contributed by atoms with E-state index in [1.165, 1.54) is 12.4 Å². The Bertz CT molecular complexity index is 726. The number of amides is 2. The predicted octanol–water partition coefficient (Wildman–Crippen LogP) is 1.46. The standard InChI is InChI=1S/C18H24N4O4/c1-17(2,3)26-14(24)12-9-19-16(20-10-12)22-8-7-18(11-22)6-4-5-13(23)21-15(18)25/h9-10H,4-8,11H2,1-3H3,(H,21,23,25). The second kappa shape index (κ2) is 6.66. The van der Waals surface area contributed by atoms with Crippen molar-refractivity contribution in [1.82, 2.24) is 15.3 Å². The van der Waals surface area contributed by atoms with Crippen molar-refractivity contribution >= 4 is 23.7 Å². The van der Waals surface area contributed by atoms with E-state index in [4.69, 9.17) is 4.74 Å². The molecule has 1 spiro atoms. The number of carbonyl (C=O) groups excluding carboxylic acids is 3. The molecule has 0 saturated carbocycles. The molecular weight excluding hydrogens is 336 g/mol. The summed E-state index contributed by atoms with van der Waals surface area (Å²) in [7, 11) is 0. The first-order chi connectivity index (χ1) is 12.2. The van der Waals surface area contributed by atoms with Gasteiger partial charge in [0, 0.05) is 31.9 Å². The zero-order valence-electron chi connectivity index (χ0n) is 15.4. The highest BCUT2D eigenvalue weighted by Crippen LogP contribution is 2.38. The van der Waals surface area contributed by atoms with Crippen molar-refractivity contribution in [3.63, 3.8) is 0 Å². The van der Waals surface area contributed by atoms with Crippen LogP contribution in [0.5, 0.6) is 0 Å². The maximum atomic E-state index is 12.4. The summed E-state index contributed by atoms with van der Waals surface area (Å²) >= 11 is 0. The molecule has 2 saturated heterocycles. The molecule has 3 rings (SSSR count). The van der Waals surface area contributed by atoms with Crippen LogP contribution in [0.1, 0.15) is 56.8 Å². The minimum atomic E-state index is -0.582. The summed E-state index contributed by atoms with van der Waals surface area (Å²) in [6.45, 7) is 6.50. The Kier molecular flexibility index (Phi) is 4.68. The van der Waals surface area contributed by atoms with E-state index in [0.29, 0.717) is 44.7 Å². The Morgan fingerprint density at radius 3 is 2.58 bits per heavy atom. The highest BCUT2D eigenvalue weighted by atomic mass is 16.6. The largest absolute Gasteiger partial charge is 0.456 e. The Balaban J connectivity index is 1.70. The van der Waals surface area contributed by atoms with Gasteiger partial charge in [0.2, 0.25) is 17.8 Å². The van der Waals surface area contributed by atoms with Crippen LogP contribution in [0, 0.1) is 5.41 Å². The van der Waals surface area contributed by atoms with E-state index in [9.17, 15) is 14.4 Å². The highest BCUT2D eigenvalue weighted by molar-refractivity contribution is 5.99. The van der Waals surface area contributed by atoms with Crippen LogP contribution in [0.15, 0.2) is 12.4 Å². The van der Waals surface area contributed by atoms with Crippen LogP contribution < -0.4 is 10.2 Å². The number of imide groups is 1. The maximum Gasteiger partial charge on any atom is 0.341 e. The van der Waals surface area contributed by atoms with Crippen molar-refractivity contribution in [1.29, 1.82) is 0 Å². The maximum absolute atomic E-state index is 12.4. The molecule has 1 unspecified atom stereocenters. The van der Waals surface area contributed by atoms with Gasteiger partial charge in [0.1, 0.15) is 5.60 Å². The summed E-state index contributed by atoms with van der Waals surface area (Å²) in [5, 5.41) is 2.49. The lowest BCUT2D eigenvalue weighted by Gasteiger charge is -2.25. The number of carbonyl (C=O) groups is 3. The summed E-state index contributed by atoms with van der Waals surface area (Å²) in [5.41, 5.74) is -0.865. The molecule has 140 valence electrons. The minimum absolute atomic E-state index is 0.201. The first-order valence-corrected chi connectivity index (χ1v) is 8.83. The molecule has 0 radical (unpaired) electrons. The van der Waals surface area contributed by atoms with Crippen molar-refractivity contribution in [3.05, 3.63) is 18.0 Å². The number of ether oxygens (including phenoxy) is 1. The smallest absolute Gasteiger partial charge is 0.341 e. The van der Waals surface area contributed by atoms with Gasteiger partial charge in [-0.15, -0.1) is 0 Å². The number of anilines is 1. The average molecular weight is 360 g/mol. The van der Waals surface area contributed by atoms with Crippen LogP contribution in [-0.2, 0) is 14.3 Å². The topological polar surface area (TPSA) is 101 Å². The predicted molar refractivity (Wildman–Crippen MR) is 93.5 cm³/mol. The average Bonchev–Trinajstić information content (AvgIpc) is 2.93. The third kappa shape index (κ3) is 3.84. The zero-order valence-corrected chi connectivity index (χ0v) is 15.4. The lowest BCUT2D eigenvalue weighted by Crippen LogP contribution is -2.43. The van der Waals surface area contributed by atoms with Gasteiger partial charge in [0.25, 0.3) is 0 Å². The quantitative estimate of drug-likeness (QED) is 0.629. The number of rotatable bonds is 2. The van der Waals surface area contributed by atoms with Crippen LogP contribution in [-0.4, -0.2) is 46.4 Å². The van der Waals surface area contributed by atoms with Gasteiger partial charge in [-0.05, 0) is 40.0 Å². The van der Waals surface area contributed by atoms with Gasteiger partial charge in [-0.2, -0.15) is 0 Å². The monoisotopic (exact) mass is 360 g/mol. The molecule has 1 N–H and O–H groups in total. The third-order valence-electron chi connectivity index (χ3n) is 4.70. The van der Waals surface area contributed by atoms with Gasteiger partial charge in [-0.25, -0.2) is 14.8 Å². The lowest BCUT2D eigenvalue weighted by molar-refractivity contribution is -0.134. The van der Waals surface area contributed by atoms with E-state index < -0.39 is 17.0 Å². The summed E-state index contributed by atoms with van der Waals surface area (Å²) in [6.07, 6.45) is 5.30. The van der Waals surface area contributed by atoms with Crippen molar-refractivity contribution in [2.75, 3.05) is 18.0 Å². The van der Waals surface area contributed by atoms with Gasteiger partial charge in [-0.1, -0.05) is 0 Å². The van der Waals surface area contributed by atoms with Crippen LogP contribution >= 0.6 is 0 Å². The van der Waals surface area contributed by atoms with E-state index in [1.54, 1.807) is 20.8 Å². The first kappa shape index (κ1) is 18.3. The molecule has 2 aliphatic rings. The normalized spacial score (nSPS) is 23.7. The molecule has 3 heterocycles. The molecular formula is C18H24N4O4. The molecule has 2 amide bonds. The third-order valence-corrected chi connectivity index (χ3v) is 4.70. The molecule has 2 aliphatic heterocycles. The fourth-order valence-corrected chi connectivity index (χ4v) is 3.38. The zero-order chi connectivity index (χ0) is 18.9. The lowest BCUT2D eigenvalue weighted by atomic mass is 9.82. The Morgan fingerprint density at radius 1 is 1.23 bits per heavy atom. The fraction of sp³-hybridized carbons (Fsp3) is 0.611. The number of nitrogens with zero attached hydrogens (tertiary/aromatic N) is 3. The van der Waals surface area contributed by atoms with Crippen LogP contribution in [0.25, 0.3) is 0 Å². The first-order valence-electron chi connectivity index (χ1n) is 8.83. The van der Waals surface area contributed by atoms with Gasteiger partial charge in [-0.3, -0.25) is 14.9 Å². The summed E-state index contributed by atoms with van der Waals surface area (Å²) in [5.74, 6) is -0.405. The van der Waals surface area contributed by atoms with Crippen LogP contribution in [0.3, 0.4) is 0 Å². The van der Waals surface area contributed by atoms with E-state index >= 15 is 0 Å². The SMILES string of the molecule is CC(C)(C)OC(=O)c1cnc(N2CCC3(CCCC(=O)NC3=O)C2)nc1. The van der Waals surface area contributed by atoms with Crippen molar-refractivity contribution in [2.24, 2.45) is 5.41 Å². The molecule has 0 bridgehead atoms. The Hall–Kier alpha value is -2.51. The van der Waals surface area contributed by atoms with Gasteiger partial charge in [0.05, 0.1) is 11.0 Å². The van der Waals surface area contributed by atoms with Crippen molar-refractivity contribution < 1.29 is 19.1 Å². The van der Waals surface area contributed by atoms with Gasteiger partial charge < -0.3 is 9.64 Å². The number of aromatic nitrogens is 2. The highest BCUT2D eigenvalue weighted by Gasteiger charge is 2.46. The molecule has 1 atom stereocenters. The molecule has 8 heteroatoms. The fourth-order valence-electron chi connectivity index (χ4n) is 3.38. The molecule has 2 fully saturated rings. The van der Waals surface area contributed by atoms with E-state index in [1.807, 2.05) is 4.90 Å². The van der Waals surface area contributed by atoms with Gasteiger partial charge in [0.15, 0.2) is 0 Å². The second-order valence-corrected chi connectivity index (χ2v) is 7.96. The molecule has 0 aliphatic carbocycles. The molecule has 1 aromatic rings. The molecule has 26 heavy (non-hydrogen) atoms. The Labute approximate surface area is 152 Å². The van der Waals surface area contributed by atoms with Crippen LogP contribution in [0.2, 0.25) is 0 Å². The van der Waals surface area contributed by atoms with E-state index in [0.717, 1.165) is 0 Å². The summed E-state index contributed by atoms with van der Waals surface area (Å²) in [4.78, 5) is 46.5. The van der Waals surface area contributed by atoms with Crippen molar-refractivity contribution in [2.45, 2.75) is 52.1 Å². The molecule has 8 nitrogen and oxygen atoms in total. The van der Waals surface area contributed by atoms with Gasteiger partial charge >= 0.3 is 5.97 Å². The number of hydrogen-bond donors (Lipinski definition) is 1. The summed E-state index contributed by atoms with van der Waals surface area (Å²) < 4.78 is 5.30. The molecule has 0 aromatic carbocycles. The van der Waals surface area contributed by atoms with E-state index in [-0.39, 0.29) is 17.4 Å². The van der Waals surface area contributed by atoms with Crippen LogP contribution in [0.4, 0.5) is 5.95 Å². The van der Waals surface area contributed by atoms with Crippen molar-refractivity contribution in [3.8, 4) is 0 Å². The van der Waals surface area contributed by atoms with E-state index in [2.05, 4.69) is 15.3 Å². The second-order valence-electron chi connectivity index (χ2n) is 7.96. The molecule has 1 aromatic heterocycles. The summed E-state index contributed by atoms with van der Waals surface area (Å²) in [6, 6.07) is 0. The Morgan fingerprint density at radius 2 is 1.92 bits per heavy atom. The number of hydrogen-bond acceptors (Lipinski definition) is 7.